The highest BCUT2D eigenvalue weighted by molar-refractivity contribution is 9.10. The van der Waals surface area contributed by atoms with Gasteiger partial charge in [-0.05, 0) is 40.2 Å². The summed E-state index contributed by atoms with van der Waals surface area (Å²) >= 11 is 3.37. The molecule has 0 saturated heterocycles. The molecule has 1 aromatic heterocycles. The van der Waals surface area contributed by atoms with E-state index < -0.39 is 0 Å². The summed E-state index contributed by atoms with van der Waals surface area (Å²) in [5.74, 6) is 0.593. The molecule has 1 aromatic carbocycles. The van der Waals surface area contributed by atoms with Crippen LogP contribution in [-0.4, -0.2) is 29.8 Å². The fourth-order valence-electron chi connectivity index (χ4n) is 1.52. The normalized spacial score (nSPS) is 10.2. The molecule has 0 spiro atoms. The maximum Gasteiger partial charge on any atom is 0.255 e. The second kappa shape index (κ2) is 5.22. The number of nitrogens with zero attached hydrogens (tertiary/aromatic N) is 2. The first-order chi connectivity index (χ1) is 8.67. The first-order valence-electron chi connectivity index (χ1n) is 5.27. The number of carbonyl (C=O) groups is 1. The van der Waals surface area contributed by atoms with Crippen LogP contribution >= 0.6 is 15.9 Å². The minimum absolute atomic E-state index is 0.179. The van der Waals surface area contributed by atoms with Crippen molar-refractivity contribution in [1.29, 1.82) is 0 Å². The second-order valence-corrected chi connectivity index (χ2v) is 4.29. The van der Waals surface area contributed by atoms with Crippen LogP contribution in [-0.2, 0) is 0 Å². The number of ether oxygens (including phenoxy) is 1. The third-order valence-electron chi connectivity index (χ3n) is 2.50. The number of hydrogen-bond donors (Lipinski definition) is 1. The van der Waals surface area contributed by atoms with Crippen LogP contribution in [0.25, 0.3) is 5.69 Å². The van der Waals surface area contributed by atoms with Gasteiger partial charge in [0.25, 0.3) is 5.91 Å². The summed E-state index contributed by atoms with van der Waals surface area (Å²) in [4.78, 5) is 11.6. The van der Waals surface area contributed by atoms with E-state index in [2.05, 4.69) is 26.3 Å². The number of benzene rings is 1. The Morgan fingerprint density at radius 1 is 1.39 bits per heavy atom. The predicted molar refractivity (Wildman–Crippen MR) is 71.2 cm³/mol. The highest BCUT2D eigenvalue weighted by atomic mass is 79.9. The Hall–Kier alpha value is -1.82. The molecule has 94 valence electrons. The molecule has 0 aliphatic carbocycles. The van der Waals surface area contributed by atoms with Gasteiger partial charge in [-0.25, -0.2) is 4.68 Å². The third kappa shape index (κ3) is 2.24. The van der Waals surface area contributed by atoms with Gasteiger partial charge < -0.3 is 10.1 Å². The van der Waals surface area contributed by atoms with Gasteiger partial charge in [0.2, 0.25) is 0 Å². The highest BCUT2D eigenvalue weighted by Gasteiger charge is 2.15. The van der Waals surface area contributed by atoms with E-state index in [1.54, 1.807) is 18.8 Å². The Labute approximate surface area is 113 Å². The molecule has 0 atom stereocenters. The molecule has 1 N–H and O–H groups in total. The molecule has 6 heteroatoms. The van der Waals surface area contributed by atoms with Crippen molar-refractivity contribution in [2.45, 2.75) is 0 Å². The Bertz CT molecular complexity index is 563. The van der Waals surface area contributed by atoms with Gasteiger partial charge in [0.05, 0.1) is 24.6 Å². The lowest BCUT2D eigenvalue weighted by molar-refractivity contribution is 0.0962. The van der Waals surface area contributed by atoms with Crippen LogP contribution in [0.15, 0.2) is 35.1 Å². The lowest BCUT2D eigenvalue weighted by Gasteiger charge is -2.05. The number of rotatable bonds is 3. The van der Waals surface area contributed by atoms with E-state index >= 15 is 0 Å². The predicted octanol–water partition coefficient (Wildman–Crippen LogP) is 2.00. The van der Waals surface area contributed by atoms with Crippen molar-refractivity contribution in [1.82, 2.24) is 15.1 Å². The van der Waals surface area contributed by atoms with E-state index in [-0.39, 0.29) is 5.91 Å². The molecule has 0 aliphatic heterocycles. The number of hydrogen-bond acceptors (Lipinski definition) is 3. The molecular weight excluding hydrogens is 298 g/mol. The number of halogens is 1. The number of methoxy groups -OCH3 is 1. The van der Waals surface area contributed by atoms with Crippen LogP contribution in [0.4, 0.5) is 0 Å². The van der Waals surface area contributed by atoms with E-state index in [0.717, 1.165) is 11.4 Å². The van der Waals surface area contributed by atoms with Gasteiger partial charge in [0.1, 0.15) is 10.4 Å². The minimum atomic E-state index is -0.179. The molecule has 0 aliphatic rings. The van der Waals surface area contributed by atoms with Gasteiger partial charge in [-0.3, -0.25) is 4.79 Å². The van der Waals surface area contributed by atoms with Crippen molar-refractivity contribution in [3.63, 3.8) is 0 Å². The lowest BCUT2D eigenvalue weighted by atomic mass is 10.3. The molecule has 0 radical (unpaired) electrons. The molecule has 0 saturated carbocycles. The molecule has 2 rings (SSSR count). The van der Waals surface area contributed by atoms with Crippen molar-refractivity contribution in [3.8, 4) is 11.4 Å². The molecule has 0 unspecified atom stereocenters. The zero-order chi connectivity index (χ0) is 13.1. The largest absolute Gasteiger partial charge is 0.497 e. The number of carbonyl (C=O) groups excluding carboxylic acids is 1. The molecule has 1 amide bonds. The summed E-state index contributed by atoms with van der Waals surface area (Å²) in [6, 6.07) is 7.40. The van der Waals surface area contributed by atoms with Crippen LogP contribution in [0.3, 0.4) is 0 Å². The monoisotopic (exact) mass is 309 g/mol. The first-order valence-corrected chi connectivity index (χ1v) is 6.06. The zero-order valence-electron chi connectivity index (χ0n) is 9.98. The van der Waals surface area contributed by atoms with Gasteiger partial charge in [0, 0.05) is 7.05 Å². The van der Waals surface area contributed by atoms with E-state index in [9.17, 15) is 4.79 Å². The van der Waals surface area contributed by atoms with Gasteiger partial charge in [-0.2, -0.15) is 5.10 Å². The topological polar surface area (TPSA) is 56.2 Å². The average Bonchev–Trinajstić information content (AvgIpc) is 2.80. The first kappa shape index (κ1) is 12.6. The van der Waals surface area contributed by atoms with Gasteiger partial charge >= 0.3 is 0 Å². The SMILES string of the molecule is CNC(=O)c1cnn(-c2ccc(OC)cc2)c1Br. The molecular formula is C12H12BrN3O2. The van der Waals surface area contributed by atoms with Crippen molar-refractivity contribution >= 4 is 21.8 Å². The minimum Gasteiger partial charge on any atom is -0.497 e. The van der Waals surface area contributed by atoms with Crippen molar-refractivity contribution in [2.24, 2.45) is 0 Å². The Morgan fingerprint density at radius 3 is 2.61 bits per heavy atom. The average molecular weight is 310 g/mol. The van der Waals surface area contributed by atoms with Crippen LogP contribution in [0, 0.1) is 0 Å². The van der Waals surface area contributed by atoms with Crippen molar-refractivity contribution in [2.75, 3.05) is 14.2 Å². The third-order valence-corrected chi connectivity index (χ3v) is 3.26. The van der Waals surface area contributed by atoms with E-state index in [0.29, 0.717) is 10.2 Å². The van der Waals surface area contributed by atoms with Crippen molar-refractivity contribution < 1.29 is 9.53 Å². The molecule has 2 aromatic rings. The smallest absolute Gasteiger partial charge is 0.255 e. The van der Waals surface area contributed by atoms with E-state index in [1.165, 1.54) is 6.20 Å². The van der Waals surface area contributed by atoms with Gasteiger partial charge in [0.15, 0.2) is 0 Å². The zero-order valence-corrected chi connectivity index (χ0v) is 11.6. The summed E-state index contributed by atoms with van der Waals surface area (Å²) in [6.07, 6.45) is 1.52. The Morgan fingerprint density at radius 2 is 2.06 bits per heavy atom. The molecule has 5 nitrogen and oxygen atoms in total. The number of aromatic nitrogens is 2. The molecule has 0 bridgehead atoms. The summed E-state index contributed by atoms with van der Waals surface area (Å²) in [6.45, 7) is 0. The van der Waals surface area contributed by atoms with Crippen LogP contribution in [0.2, 0.25) is 0 Å². The maximum atomic E-state index is 11.6. The molecule has 0 fully saturated rings. The van der Waals surface area contributed by atoms with Gasteiger partial charge in [-0.15, -0.1) is 0 Å². The van der Waals surface area contributed by atoms with Crippen LogP contribution in [0.5, 0.6) is 5.75 Å². The summed E-state index contributed by atoms with van der Waals surface area (Å²) < 4.78 is 7.35. The summed E-state index contributed by atoms with van der Waals surface area (Å²) in [5, 5.41) is 6.74. The molecule has 1 heterocycles. The maximum absolute atomic E-state index is 11.6. The Balaban J connectivity index is 2.39. The fourth-order valence-corrected chi connectivity index (χ4v) is 2.10. The van der Waals surface area contributed by atoms with E-state index in [1.807, 2.05) is 24.3 Å². The van der Waals surface area contributed by atoms with Crippen LogP contribution in [0.1, 0.15) is 10.4 Å². The van der Waals surface area contributed by atoms with Crippen LogP contribution < -0.4 is 10.1 Å². The van der Waals surface area contributed by atoms with E-state index in [4.69, 9.17) is 4.74 Å². The Kier molecular flexibility index (Phi) is 3.66. The summed E-state index contributed by atoms with van der Waals surface area (Å²) in [5.41, 5.74) is 1.34. The highest BCUT2D eigenvalue weighted by Crippen LogP contribution is 2.22. The van der Waals surface area contributed by atoms with Gasteiger partial charge in [-0.1, -0.05) is 0 Å². The fraction of sp³-hybridized carbons (Fsp3) is 0.167. The number of nitrogens with one attached hydrogen (secondary N) is 1. The number of amides is 1. The quantitative estimate of drug-likeness (QED) is 0.943. The molecule has 18 heavy (non-hydrogen) atoms. The second-order valence-electron chi connectivity index (χ2n) is 3.54. The standard InChI is InChI=1S/C12H12BrN3O2/c1-14-12(17)10-7-15-16(11(10)13)8-3-5-9(18-2)6-4-8/h3-7H,1-2H3,(H,14,17). The lowest BCUT2D eigenvalue weighted by Crippen LogP contribution is -2.17. The van der Waals surface area contributed by atoms with Crippen molar-refractivity contribution in [3.05, 3.63) is 40.6 Å². The summed E-state index contributed by atoms with van der Waals surface area (Å²) in [7, 11) is 3.20.